The zero-order valence-electron chi connectivity index (χ0n) is 18.2. The molecular formula is C23H22F4N6O. The molecule has 2 aromatic carbocycles. The number of nitrogens with one attached hydrogen (secondary N) is 2. The second kappa shape index (κ2) is 9.64. The second-order valence-electron chi connectivity index (χ2n) is 7.92. The van der Waals surface area contributed by atoms with E-state index in [1.807, 2.05) is 12.1 Å². The normalized spacial score (nSPS) is 14.7. The Morgan fingerprint density at radius 3 is 2.26 bits per heavy atom. The average Bonchev–Trinajstić information content (AvgIpc) is 2.80. The van der Waals surface area contributed by atoms with Gasteiger partial charge in [0.1, 0.15) is 5.82 Å². The number of piperazine rings is 1. The average molecular weight is 474 g/mol. The molecule has 1 aromatic heterocycles. The van der Waals surface area contributed by atoms with E-state index in [0.29, 0.717) is 29.1 Å². The number of rotatable bonds is 4. The highest BCUT2D eigenvalue weighted by molar-refractivity contribution is 6.00. The fourth-order valence-electron chi connectivity index (χ4n) is 3.55. The molecule has 0 radical (unpaired) electrons. The Balaban J connectivity index is 1.42. The number of alkyl halides is 3. The number of hydrogen-bond acceptors (Lipinski definition) is 5. The van der Waals surface area contributed by atoms with Crippen LogP contribution in [-0.4, -0.2) is 54.4 Å². The maximum absolute atomic E-state index is 13.4. The molecule has 7 nitrogen and oxygen atoms in total. The maximum Gasteiger partial charge on any atom is 0.419 e. The van der Waals surface area contributed by atoms with Crippen molar-refractivity contribution in [3.8, 4) is 11.3 Å². The van der Waals surface area contributed by atoms with Gasteiger partial charge in [0.05, 0.1) is 11.3 Å². The van der Waals surface area contributed by atoms with Gasteiger partial charge in [0.15, 0.2) is 5.82 Å². The highest BCUT2D eigenvalue weighted by Gasteiger charge is 2.34. The Labute approximate surface area is 193 Å². The van der Waals surface area contributed by atoms with E-state index in [1.54, 1.807) is 24.3 Å². The third-order valence-electron chi connectivity index (χ3n) is 5.42. The van der Waals surface area contributed by atoms with Crippen LogP contribution in [0.4, 0.5) is 39.5 Å². The zero-order valence-corrected chi connectivity index (χ0v) is 18.2. The van der Waals surface area contributed by atoms with Crippen LogP contribution in [0.15, 0.2) is 54.6 Å². The van der Waals surface area contributed by atoms with E-state index >= 15 is 0 Å². The quantitative estimate of drug-likeness (QED) is 0.537. The lowest BCUT2D eigenvalue weighted by atomic mass is 10.1. The fourth-order valence-corrected chi connectivity index (χ4v) is 3.55. The van der Waals surface area contributed by atoms with Gasteiger partial charge in [0.2, 0.25) is 0 Å². The van der Waals surface area contributed by atoms with Gasteiger partial charge in [-0.1, -0.05) is 12.1 Å². The summed E-state index contributed by atoms with van der Waals surface area (Å²) in [6.07, 6.45) is -4.87. The van der Waals surface area contributed by atoms with E-state index in [4.69, 9.17) is 0 Å². The van der Waals surface area contributed by atoms with Crippen LogP contribution in [0.3, 0.4) is 0 Å². The molecule has 1 fully saturated rings. The van der Waals surface area contributed by atoms with Crippen molar-refractivity contribution in [3.63, 3.8) is 0 Å². The van der Waals surface area contributed by atoms with E-state index in [0.717, 1.165) is 38.1 Å². The number of hydrogen-bond donors (Lipinski definition) is 2. The van der Waals surface area contributed by atoms with Crippen LogP contribution in [0.2, 0.25) is 0 Å². The molecule has 11 heteroatoms. The van der Waals surface area contributed by atoms with Crippen molar-refractivity contribution >= 4 is 23.2 Å². The Bertz CT molecular complexity index is 1160. The number of likely N-dealkylation sites (N-methyl/N-ethyl adjacent to an activating group) is 1. The van der Waals surface area contributed by atoms with Crippen LogP contribution in [0.25, 0.3) is 11.3 Å². The Kier molecular flexibility index (Phi) is 6.64. The highest BCUT2D eigenvalue weighted by Crippen LogP contribution is 2.33. The van der Waals surface area contributed by atoms with E-state index in [2.05, 4.69) is 37.7 Å². The number of aromatic nitrogens is 2. The van der Waals surface area contributed by atoms with Gasteiger partial charge in [0.25, 0.3) is 0 Å². The molecule has 2 amide bonds. The van der Waals surface area contributed by atoms with Gasteiger partial charge in [-0.15, -0.1) is 10.2 Å². The summed E-state index contributed by atoms with van der Waals surface area (Å²) in [5, 5.41) is 13.5. The fraction of sp³-hybridized carbons (Fsp3) is 0.261. The van der Waals surface area contributed by atoms with Gasteiger partial charge in [-0.05, 0) is 49.5 Å². The smallest absolute Gasteiger partial charge is 0.353 e. The van der Waals surface area contributed by atoms with Gasteiger partial charge in [-0.25, -0.2) is 9.18 Å². The van der Waals surface area contributed by atoms with Gasteiger partial charge >= 0.3 is 12.2 Å². The predicted octanol–water partition coefficient (Wildman–Crippen LogP) is 4.70. The van der Waals surface area contributed by atoms with Gasteiger partial charge in [0, 0.05) is 43.1 Å². The summed E-state index contributed by atoms with van der Waals surface area (Å²) in [6.45, 7) is 3.65. The number of amides is 2. The molecule has 0 spiro atoms. The number of carbonyl (C=O) groups excluding carboxylic acids is 1. The molecule has 2 heterocycles. The van der Waals surface area contributed by atoms with Gasteiger partial charge in [-0.3, -0.25) is 0 Å². The highest BCUT2D eigenvalue weighted by atomic mass is 19.4. The molecule has 0 aliphatic carbocycles. The number of halogens is 4. The van der Waals surface area contributed by atoms with Crippen molar-refractivity contribution < 1.29 is 22.4 Å². The SMILES string of the molecule is CN1CCN(c2ccc(-c3cccc(NC(=O)Nc4ccc(F)c(C(F)(F)F)c4)c3)nn2)CC1. The minimum Gasteiger partial charge on any atom is -0.353 e. The molecule has 0 saturated carbocycles. The number of nitrogens with zero attached hydrogens (tertiary/aromatic N) is 4. The number of benzene rings is 2. The standard InChI is InChI=1S/C23H22F4N6O/c1-32-9-11-33(12-10-32)21-8-7-20(30-31-21)15-3-2-4-16(13-15)28-22(34)29-17-5-6-19(24)18(14-17)23(25,26)27/h2-8,13-14H,9-12H2,1H3,(H2,28,29,34). The lowest BCUT2D eigenvalue weighted by Crippen LogP contribution is -2.44. The van der Waals surface area contributed by atoms with Crippen LogP contribution in [0.1, 0.15) is 5.56 Å². The molecule has 3 aromatic rings. The summed E-state index contributed by atoms with van der Waals surface area (Å²) in [6, 6.07) is 12.0. The minimum atomic E-state index is -4.87. The van der Waals surface area contributed by atoms with Crippen LogP contribution in [0.5, 0.6) is 0 Å². The zero-order chi connectivity index (χ0) is 24.3. The van der Waals surface area contributed by atoms with E-state index in [-0.39, 0.29) is 5.69 Å². The summed E-state index contributed by atoms with van der Waals surface area (Å²) < 4.78 is 52.1. The molecule has 1 aliphatic heterocycles. The molecular weight excluding hydrogens is 452 g/mol. The first-order chi connectivity index (χ1) is 16.2. The third-order valence-corrected chi connectivity index (χ3v) is 5.42. The van der Waals surface area contributed by atoms with Crippen molar-refractivity contribution in [2.45, 2.75) is 6.18 Å². The van der Waals surface area contributed by atoms with Crippen LogP contribution in [-0.2, 0) is 6.18 Å². The molecule has 34 heavy (non-hydrogen) atoms. The molecule has 1 aliphatic rings. The van der Waals surface area contributed by atoms with Crippen molar-refractivity contribution in [1.82, 2.24) is 15.1 Å². The van der Waals surface area contributed by atoms with Gasteiger partial charge in [-0.2, -0.15) is 13.2 Å². The first kappa shape index (κ1) is 23.4. The third kappa shape index (κ3) is 5.60. The second-order valence-corrected chi connectivity index (χ2v) is 7.92. The lowest BCUT2D eigenvalue weighted by molar-refractivity contribution is -0.139. The van der Waals surface area contributed by atoms with Crippen molar-refractivity contribution in [2.24, 2.45) is 0 Å². The number of carbonyl (C=O) groups is 1. The summed E-state index contributed by atoms with van der Waals surface area (Å²) in [5.74, 6) is -0.617. The largest absolute Gasteiger partial charge is 0.419 e. The number of urea groups is 1. The Hall–Kier alpha value is -3.73. The van der Waals surface area contributed by atoms with Gasteiger partial charge < -0.3 is 20.4 Å². The topological polar surface area (TPSA) is 73.4 Å². The summed E-state index contributed by atoms with van der Waals surface area (Å²) in [7, 11) is 2.08. The molecule has 0 unspecified atom stereocenters. The van der Waals surface area contributed by atoms with Crippen molar-refractivity contribution in [1.29, 1.82) is 0 Å². The molecule has 0 bridgehead atoms. The molecule has 2 N–H and O–H groups in total. The maximum atomic E-state index is 13.4. The molecule has 178 valence electrons. The van der Waals surface area contributed by atoms with E-state index in [1.165, 1.54) is 0 Å². The van der Waals surface area contributed by atoms with Crippen molar-refractivity contribution in [2.75, 3.05) is 48.8 Å². The molecule has 4 rings (SSSR count). The van der Waals surface area contributed by atoms with Crippen molar-refractivity contribution in [3.05, 3.63) is 66.0 Å². The van der Waals surface area contributed by atoms with Crippen LogP contribution in [0, 0.1) is 5.82 Å². The number of anilines is 3. The summed E-state index contributed by atoms with van der Waals surface area (Å²) in [4.78, 5) is 16.7. The van der Waals surface area contributed by atoms with Crippen LogP contribution >= 0.6 is 0 Å². The first-order valence-corrected chi connectivity index (χ1v) is 10.5. The van der Waals surface area contributed by atoms with E-state index in [9.17, 15) is 22.4 Å². The minimum absolute atomic E-state index is 0.187. The molecule has 0 atom stereocenters. The molecule has 1 saturated heterocycles. The Morgan fingerprint density at radius 1 is 0.912 bits per heavy atom. The predicted molar refractivity (Wildman–Crippen MR) is 121 cm³/mol. The van der Waals surface area contributed by atoms with E-state index < -0.39 is 23.6 Å². The monoisotopic (exact) mass is 474 g/mol. The van der Waals surface area contributed by atoms with Crippen LogP contribution < -0.4 is 15.5 Å². The summed E-state index contributed by atoms with van der Waals surface area (Å²) >= 11 is 0. The Morgan fingerprint density at radius 2 is 1.62 bits per heavy atom. The lowest BCUT2D eigenvalue weighted by Gasteiger charge is -2.32. The summed E-state index contributed by atoms with van der Waals surface area (Å²) in [5.41, 5.74) is 0.0726. The first-order valence-electron chi connectivity index (χ1n) is 10.5.